The predicted octanol–water partition coefficient (Wildman–Crippen LogP) is 0.772. The van der Waals surface area contributed by atoms with Crippen molar-refractivity contribution in [1.82, 2.24) is 9.88 Å². The molecule has 0 bridgehead atoms. The molecule has 0 aromatic carbocycles. The molecule has 2 rings (SSSR count). The van der Waals surface area contributed by atoms with Gasteiger partial charge in [-0.3, -0.25) is 9.78 Å². The molecule has 0 saturated carbocycles. The van der Waals surface area contributed by atoms with Crippen LogP contribution in [0.4, 0.5) is 5.69 Å². The highest BCUT2D eigenvalue weighted by Crippen LogP contribution is 2.16. The van der Waals surface area contributed by atoms with Gasteiger partial charge in [0.15, 0.2) is 9.84 Å². The average molecular weight is 297 g/mol. The monoisotopic (exact) mass is 297 g/mol. The molecule has 1 saturated heterocycles. The Morgan fingerprint density at radius 1 is 1.55 bits per heavy atom. The van der Waals surface area contributed by atoms with Crippen LogP contribution in [0, 0.1) is 0 Å². The van der Waals surface area contributed by atoms with Crippen LogP contribution in [0.15, 0.2) is 18.3 Å². The van der Waals surface area contributed by atoms with Crippen LogP contribution >= 0.6 is 0 Å². The SMILES string of the molecule is CCNc1ccnc(C(=O)N2CCS(=O)(=O)CC2C)c1. The van der Waals surface area contributed by atoms with Gasteiger partial charge in [0.05, 0.1) is 11.5 Å². The van der Waals surface area contributed by atoms with Crippen molar-refractivity contribution in [2.24, 2.45) is 0 Å². The molecule has 1 fully saturated rings. The first kappa shape index (κ1) is 14.8. The highest BCUT2D eigenvalue weighted by molar-refractivity contribution is 7.91. The van der Waals surface area contributed by atoms with Crippen molar-refractivity contribution < 1.29 is 13.2 Å². The van der Waals surface area contributed by atoms with Gasteiger partial charge in [0.2, 0.25) is 0 Å². The van der Waals surface area contributed by atoms with E-state index < -0.39 is 9.84 Å². The van der Waals surface area contributed by atoms with E-state index in [0.717, 1.165) is 12.2 Å². The number of amides is 1. The number of rotatable bonds is 3. The van der Waals surface area contributed by atoms with Gasteiger partial charge in [-0.2, -0.15) is 0 Å². The number of aromatic nitrogens is 1. The summed E-state index contributed by atoms with van der Waals surface area (Å²) in [6.45, 7) is 4.72. The maximum atomic E-state index is 12.4. The van der Waals surface area contributed by atoms with Crippen molar-refractivity contribution in [3.05, 3.63) is 24.0 Å². The molecule has 2 heterocycles. The number of hydrogen-bond acceptors (Lipinski definition) is 5. The van der Waals surface area contributed by atoms with E-state index in [1.54, 1.807) is 30.2 Å². The third-order valence-corrected chi connectivity index (χ3v) is 5.09. The number of carbonyl (C=O) groups excluding carboxylic acids is 1. The normalized spacial score (nSPS) is 21.5. The quantitative estimate of drug-likeness (QED) is 0.891. The Labute approximate surface area is 119 Å². The molecule has 1 amide bonds. The number of pyridine rings is 1. The van der Waals surface area contributed by atoms with Crippen molar-refractivity contribution in [2.75, 3.05) is 29.9 Å². The van der Waals surface area contributed by atoms with Crippen LogP contribution in [0.2, 0.25) is 0 Å². The van der Waals surface area contributed by atoms with Gasteiger partial charge in [0.1, 0.15) is 5.69 Å². The second kappa shape index (κ2) is 5.78. The first-order chi connectivity index (χ1) is 9.43. The summed E-state index contributed by atoms with van der Waals surface area (Å²) >= 11 is 0. The second-order valence-corrected chi connectivity index (χ2v) is 7.15. The standard InChI is InChI=1S/C13H19N3O3S/c1-3-14-11-4-5-15-12(8-11)13(17)16-6-7-20(18,19)9-10(16)2/h4-5,8,10H,3,6-7,9H2,1-2H3,(H,14,15). The molecule has 7 heteroatoms. The van der Waals surface area contributed by atoms with Crippen LogP contribution < -0.4 is 5.32 Å². The van der Waals surface area contributed by atoms with Crippen molar-refractivity contribution in [1.29, 1.82) is 0 Å². The van der Waals surface area contributed by atoms with E-state index >= 15 is 0 Å². The minimum Gasteiger partial charge on any atom is -0.385 e. The lowest BCUT2D eigenvalue weighted by atomic mass is 10.2. The van der Waals surface area contributed by atoms with E-state index in [0.29, 0.717) is 5.69 Å². The Balaban J connectivity index is 2.17. The van der Waals surface area contributed by atoms with Crippen molar-refractivity contribution in [2.45, 2.75) is 19.9 Å². The highest BCUT2D eigenvalue weighted by atomic mass is 32.2. The van der Waals surface area contributed by atoms with E-state index in [-0.39, 0.29) is 30.0 Å². The van der Waals surface area contributed by atoms with Crippen LogP contribution in [0.3, 0.4) is 0 Å². The predicted molar refractivity (Wildman–Crippen MR) is 77.6 cm³/mol. The lowest BCUT2D eigenvalue weighted by molar-refractivity contribution is 0.0706. The first-order valence-electron chi connectivity index (χ1n) is 6.64. The van der Waals surface area contributed by atoms with E-state index in [1.165, 1.54) is 0 Å². The maximum absolute atomic E-state index is 12.4. The van der Waals surface area contributed by atoms with Crippen LogP contribution in [0.1, 0.15) is 24.3 Å². The summed E-state index contributed by atoms with van der Waals surface area (Å²) in [5, 5.41) is 3.12. The van der Waals surface area contributed by atoms with Gasteiger partial charge in [0, 0.05) is 31.0 Å². The molecule has 0 radical (unpaired) electrons. The Bertz CT molecular complexity index is 601. The Kier molecular flexibility index (Phi) is 4.27. The largest absolute Gasteiger partial charge is 0.385 e. The number of carbonyl (C=O) groups is 1. The van der Waals surface area contributed by atoms with Crippen LogP contribution in [-0.2, 0) is 9.84 Å². The third kappa shape index (κ3) is 3.27. The summed E-state index contributed by atoms with van der Waals surface area (Å²) in [7, 11) is -3.02. The number of nitrogens with zero attached hydrogens (tertiary/aromatic N) is 2. The smallest absolute Gasteiger partial charge is 0.272 e. The fourth-order valence-corrected chi connectivity index (χ4v) is 3.87. The minimum absolute atomic E-state index is 0.0195. The van der Waals surface area contributed by atoms with Gasteiger partial charge < -0.3 is 10.2 Å². The zero-order chi connectivity index (χ0) is 14.8. The summed E-state index contributed by atoms with van der Waals surface area (Å²) in [5.41, 5.74) is 1.18. The summed E-state index contributed by atoms with van der Waals surface area (Å²) in [4.78, 5) is 18.1. The number of anilines is 1. The molecule has 0 aliphatic carbocycles. The molecule has 1 unspecified atom stereocenters. The number of hydrogen-bond donors (Lipinski definition) is 1. The number of nitrogens with one attached hydrogen (secondary N) is 1. The zero-order valence-corrected chi connectivity index (χ0v) is 12.5. The lowest BCUT2D eigenvalue weighted by Crippen LogP contribution is -2.49. The maximum Gasteiger partial charge on any atom is 0.272 e. The van der Waals surface area contributed by atoms with Gasteiger partial charge in [-0.05, 0) is 26.0 Å². The van der Waals surface area contributed by atoms with Gasteiger partial charge in [-0.1, -0.05) is 0 Å². The fraction of sp³-hybridized carbons (Fsp3) is 0.538. The second-order valence-electron chi connectivity index (χ2n) is 4.92. The third-order valence-electron chi connectivity index (χ3n) is 3.29. The summed E-state index contributed by atoms with van der Waals surface area (Å²) in [6.07, 6.45) is 1.58. The average Bonchev–Trinajstić information content (AvgIpc) is 2.38. The fourth-order valence-electron chi connectivity index (χ4n) is 2.31. The Hall–Kier alpha value is -1.63. The molecule has 1 aliphatic heterocycles. The summed E-state index contributed by atoms with van der Waals surface area (Å²) in [5.74, 6) is -0.172. The molecule has 0 spiro atoms. The minimum atomic E-state index is -3.02. The topological polar surface area (TPSA) is 79.4 Å². The molecule has 1 atom stereocenters. The highest BCUT2D eigenvalue weighted by Gasteiger charge is 2.32. The Morgan fingerprint density at radius 2 is 2.30 bits per heavy atom. The molecule has 110 valence electrons. The van der Waals surface area contributed by atoms with Crippen molar-refractivity contribution in [3.63, 3.8) is 0 Å². The number of sulfone groups is 1. The molecule has 1 aromatic heterocycles. The lowest BCUT2D eigenvalue weighted by Gasteiger charge is -2.32. The molecule has 1 N–H and O–H groups in total. The summed E-state index contributed by atoms with van der Waals surface area (Å²) in [6, 6.07) is 3.18. The van der Waals surface area contributed by atoms with Crippen molar-refractivity contribution in [3.8, 4) is 0 Å². The van der Waals surface area contributed by atoms with Crippen molar-refractivity contribution >= 4 is 21.4 Å². The molecular weight excluding hydrogens is 278 g/mol. The van der Waals surface area contributed by atoms with Gasteiger partial charge in [-0.15, -0.1) is 0 Å². The molecule has 6 nitrogen and oxygen atoms in total. The first-order valence-corrected chi connectivity index (χ1v) is 8.46. The molecule has 1 aromatic rings. The van der Waals surface area contributed by atoms with Crippen LogP contribution in [0.25, 0.3) is 0 Å². The zero-order valence-electron chi connectivity index (χ0n) is 11.7. The van der Waals surface area contributed by atoms with Crippen LogP contribution in [-0.4, -0.2) is 54.8 Å². The Morgan fingerprint density at radius 3 is 2.95 bits per heavy atom. The van der Waals surface area contributed by atoms with E-state index in [1.807, 2.05) is 6.92 Å². The summed E-state index contributed by atoms with van der Waals surface area (Å²) < 4.78 is 23.1. The van der Waals surface area contributed by atoms with Crippen LogP contribution in [0.5, 0.6) is 0 Å². The van der Waals surface area contributed by atoms with E-state index in [2.05, 4.69) is 10.3 Å². The van der Waals surface area contributed by atoms with Gasteiger partial charge in [-0.25, -0.2) is 8.42 Å². The van der Waals surface area contributed by atoms with E-state index in [9.17, 15) is 13.2 Å². The molecule has 20 heavy (non-hydrogen) atoms. The molecule has 1 aliphatic rings. The molecular formula is C13H19N3O3S. The van der Waals surface area contributed by atoms with E-state index in [4.69, 9.17) is 0 Å². The van der Waals surface area contributed by atoms with Gasteiger partial charge >= 0.3 is 0 Å². The van der Waals surface area contributed by atoms with Gasteiger partial charge in [0.25, 0.3) is 5.91 Å².